The molecule has 0 saturated heterocycles. The number of fused-ring (bicyclic) bond motifs is 2. The van der Waals surface area contributed by atoms with Crippen molar-refractivity contribution in [3.63, 3.8) is 0 Å². The van der Waals surface area contributed by atoms with Crippen LogP contribution in [0.15, 0.2) is 145 Å². The van der Waals surface area contributed by atoms with Crippen molar-refractivity contribution in [3.05, 3.63) is 184 Å². The average Bonchev–Trinajstić information content (AvgIpc) is 3.29. The minimum atomic E-state index is -0.428. The van der Waals surface area contributed by atoms with E-state index in [1.807, 2.05) is 36.4 Å². The van der Waals surface area contributed by atoms with Gasteiger partial charge in [0.25, 0.3) is 0 Å². The maximum Gasteiger partial charge on any atom is 0.0991 e. The van der Waals surface area contributed by atoms with E-state index in [1.54, 1.807) is 0 Å². The lowest BCUT2D eigenvalue weighted by Gasteiger charge is -2.34. The molecule has 0 radical (unpaired) electrons. The van der Waals surface area contributed by atoms with E-state index in [0.717, 1.165) is 23.1 Å². The zero-order valence-corrected chi connectivity index (χ0v) is 27.6. The zero-order valence-electron chi connectivity index (χ0n) is 27.6. The summed E-state index contributed by atoms with van der Waals surface area (Å²) in [4.78, 5) is 2.29. The first-order valence-corrected chi connectivity index (χ1v) is 16.1. The van der Waals surface area contributed by atoms with Gasteiger partial charge in [-0.1, -0.05) is 98.5 Å². The molecule has 0 bridgehead atoms. The highest BCUT2D eigenvalue weighted by atomic mass is 15.2. The number of anilines is 1. The van der Waals surface area contributed by atoms with Crippen molar-refractivity contribution in [2.45, 2.75) is 44.4 Å². The van der Waals surface area contributed by atoms with Crippen LogP contribution in [-0.4, -0.2) is 7.05 Å². The van der Waals surface area contributed by atoms with E-state index in [0.29, 0.717) is 17.5 Å². The Hall–Kier alpha value is -5.64. The summed E-state index contributed by atoms with van der Waals surface area (Å²) in [6.45, 7) is 11.4. The van der Waals surface area contributed by atoms with Gasteiger partial charge in [-0.3, -0.25) is 0 Å². The number of hydrogen-bond donors (Lipinski definition) is 0. The number of benzene rings is 5. The van der Waals surface area contributed by atoms with Gasteiger partial charge in [0, 0.05) is 29.3 Å². The maximum atomic E-state index is 9.61. The molecule has 0 N–H and O–H groups in total. The van der Waals surface area contributed by atoms with Crippen LogP contribution in [0.3, 0.4) is 0 Å². The van der Waals surface area contributed by atoms with Crippen molar-refractivity contribution < 1.29 is 0 Å². The van der Waals surface area contributed by atoms with E-state index in [2.05, 4.69) is 142 Å². The number of nitriles is 2. The number of allylic oxidation sites excluding steroid dienone is 5. The van der Waals surface area contributed by atoms with Crippen LogP contribution in [0.25, 0.3) is 10.8 Å². The predicted octanol–water partition coefficient (Wildman–Crippen LogP) is 10.0. The average molecular weight is 610 g/mol. The number of nitrogens with zero attached hydrogens (tertiary/aromatic N) is 3. The van der Waals surface area contributed by atoms with Crippen LogP contribution < -0.4 is 4.90 Å². The van der Waals surface area contributed by atoms with Crippen molar-refractivity contribution >= 4 is 16.5 Å². The van der Waals surface area contributed by atoms with Gasteiger partial charge in [-0.25, -0.2) is 0 Å². The maximum absolute atomic E-state index is 9.61. The lowest BCUT2D eigenvalue weighted by Crippen LogP contribution is -2.29. The highest BCUT2D eigenvalue weighted by Crippen LogP contribution is 2.49. The minimum Gasteiger partial charge on any atom is -0.347 e. The standard InChI is InChI=1S/C44H39N3/c1-31-23-37-18-6-7-19-38(37)26-40(31)43(3,27-33-14-11-16-35(24-33)29-45)32(2)13-10-22-42-44(4,28-34-15-12-17-36(25-34)30-46)39-20-8-9-21-41(39)47(42)5/h6-26H,2,27-28H2,1,3-5H3/b13-10+,42-22+. The predicted molar refractivity (Wildman–Crippen MR) is 194 cm³/mol. The molecule has 1 aliphatic heterocycles. The molecule has 1 aliphatic rings. The van der Waals surface area contributed by atoms with Crippen LogP contribution in [0.1, 0.15) is 52.8 Å². The Labute approximate surface area is 279 Å². The second-order valence-electron chi connectivity index (χ2n) is 13.2. The SMILES string of the molecule is C=C(/C=C/C=C1/N(C)c2ccccc2C1(C)Cc1cccc(C#N)c1)C(C)(Cc1cccc(C#N)c1)c1cc2ccccc2cc1C. The molecule has 5 aromatic rings. The molecule has 0 aliphatic carbocycles. The topological polar surface area (TPSA) is 50.8 Å². The summed E-state index contributed by atoms with van der Waals surface area (Å²) in [7, 11) is 2.13. The fourth-order valence-corrected chi connectivity index (χ4v) is 7.44. The molecule has 3 heteroatoms. The van der Waals surface area contributed by atoms with Gasteiger partial charge >= 0.3 is 0 Å². The first-order valence-electron chi connectivity index (χ1n) is 16.1. The number of likely N-dealkylation sites (N-methyl/N-ethyl adjacent to an activating group) is 1. The van der Waals surface area contributed by atoms with Crippen molar-refractivity contribution in [2.75, 3.05) is 11.9 Å². The van der Waals surface area contributed by atoms with Gasteiger partial charge in [0.2, 0.25) is 0 Å². The lowest BCUT2D eigenvalue weighted by atomic mass is 9.70. The van der Waals surface area contributed by atoms with Crippen LogP contribution in [0.4, 0.5) is 5.69 Å². The van der Waals surface area contributed by atoms with Crippen LogP contribution >= 0.6 is 0 Å². The highest BCUT2D eigenvalue weighted by Gasteiger charge is 2.42. The Bertz CT molecular complexity index is 2150. The van der Waals surface area contributed by atoms with Crippen LogP contribution in [0.5, 0.6) is 0 Å². The molecule has 2 unspecified atom stereocenters. The fourth-order valence-electron chi connectivity index (χ4n) is 7.44. The van der Waals surface area contributed by atoms with Gasteiger partial charge < -0.3 is 4.90 Å². The molecular weight excluding hydrogens is 571 g/mol. The fraction of sp³-hybridized carbons (Fsp3) is 0.182. The molecule has 47 heavy (non-hydrogen) atoms. The highest BCUT2D eigenvalue weighted by molar-refractivity contribution is 5.84. The van der Waals surface area contributed by atoms with E-state index in [4.69, 9.17) is 0 Å². The molecule has 6 rings (SSSR count). The van der Waals surface area contributed by atoms with Crippen LogP contribution in [0, 0.1) is 29.6 Å². The molecule has 0 saturated carbocycles. The number of hydrogen-bond acceptors (Lipinski definition) is 3. The summed E-state index contributed by atoms with van der Waals surface area (Å²) in [5.74, 6) is 0. The third kappa shape index (κ3) is 5.90. The van der Waals surface area contributed by atoms with Crippen molar-refractivity contribution in [2.24, 2.45) is 0 Å². The monoisotopic (exact) mass is 609 g/mol. The zero-order chi connectivity index (χ0) is 33.2. The molecule has 0 aromatic heterocycles. The molecule has 0 spiro atoms. The number of para-hydroxylation sites is 1. The molecule has 0 fully saturated rings. The second kappa shape index (κ2) is 12.6. The number of rotatable bonds is 8. The minimum absolute atomic E-state index is 0.291. The summed E-state index contributed by atoms with van der Waals surface area (Å²) >= 11 is 0. The normalized spacial score (nSPS) is 17.7. The van der Waals surface area contributed by atoms with Crippen molar-refractivity contribution in [1.82, 2.24) is 0 Å². The summed E-state index contributed by atoms with van der Waals surface area (Å²) < 4.78 is 0. The smallest absolute Gasteiger partial charge is 0.0991 e. The van der Waals surface area contributed by atoms with Gasteiger partial charge in [-0.2, -0.15) is 10.5 Å². The van der Waals surface area contributed by atoms with Crippen molar-refractivity contribution in [3.8, 4) is 12.1 Å². The van der Waals surface area contributed by atoms with Crippen LogP contribution in [-0.2, 0) is 23.7 Å². The molecule has 0 amide bonds. The van der Waals surface area contributed by atoms with E-state index >= 15 is 0 Å². The molecule has 230 valence electrons. The van der Waals surface area contributed by atoms with E-state index in [9.17, 15) is 10.5 Å². The third-order valence-electron chi connectivity index (χ3n) is 9.96. The molecular formula is C44H39N3. The van der Waals surface area contributed by atoms with Gasteiger partial charge in [-0.15, -0.1) is 0 Å². The third-order valence-corrected chi connectivity index (χ3v) is 9.96. The summed E-state index contributed by atoms with van der Waals surface area (Å²) in [6, 6.07) is 42.1. The second-order valence-corrected chi connectivity index (χ2v) is 13.2. The van der Waals surface area contributed by atoms with E-state index in [-0.39, 0.29) is 5.41 Å². The molecule has 3 nitrogen and oxygen atoms in total. The van der Waals surface area contributed by atoms with Crippen molar-refractivity contribution in [1.29, 1.82) is 10.5 Å². The van der Waals surface area contributed by atoms with Gasteiger partial charge in [-0.05, 0) is 113 Å². The Morgan fingerprint density at radius 1 is 0.830 bits per heavy atom. The molecule has 2 atom stereocenters. The molecule has 5 aromatic carbocycles. The molecule has 1 heterocycles. The quantitative estimate of drug-likeness (QED) is 0.165. The largest absolute Gasteiger partial charge is 0.347 e. The van der Waals surface area contributed by atoms with E-state index < -0.39 is 5.41 Å². The van der Waals surface area contributed by atoms with Gasteiger partial charge in [0.1, 0.15) is 0 Å². The lowest BCUT2D eigenvalue weighted by molar-refractivity contribution is 0.564. The Balaban J connectivity index is 1.41. The Morgan fingerprint density at radius 3 is 2.15 bits per heavy atom. The number of aryl methyl sites for hydroxylation is 1. The summed E-state index contributed by atoms with van der Waals surface area (Å²) in [5.41, 5.74) is 9.96. The Morgan fingerprint density at radius 2 is 1.45 bits per heavy atom. The van der Waals surface area contributed by atoms with E-state index in [1.165, 1.54) is 38.8 Å². The van der Waals surface area contributed by atoms with Gasteiger partial charge in [0.05, 0.1) is 23.3 Å². The first-order chi connectivity index (χ1) is 22.7. The summed E-state index contributed by atoms with van der Waals surface area (Å²) in [5, 5.41) is 21.6. The first kappa shape index (κ1) is 31.3. The summed E-state index contributed by atoms with van der Waals surface area (Å²) in [6.07, 6.45) is 8.00. The van der Waals surface area contributed by atoms with Crippen LogP contribution in [0.2, 0.25) is 0 Å². The van der Waals surface area contributed by atoms with Gasteiger partial charge in [0.15, 0.2) is 0 Å². The Kier molecular flexibility index (Phi) is 8.42.